The Balaban J connectivity index is 3.49. The lowest BCUT2D eigenvalue weighted by Gasteiger charge is -2.05. The van der Waals surface area contributed by atoms with E-state index in [1.807, 2.05) is 0 Å². The second-order valence-electron chi connectivity index (χ2n) is 5.25. The predicted molar refractivity (Wildman–Crippen MR) is 80.9 cm³/mol. The van der Waals surface area contributed by atoms with E-state index in [1.54, 1.807) is 0 Å². The topological polar surface area (TPSA) is 63.6 Å². The third-order valence-corrected chi connectivity index (χ3v) is 2.82. The number of rotatable bonds is 10. The number of carbonyl (C=O) groups excluding carboxylic acids is 1. The van der Waals surface area contributed by atoms with E-state index in [4.69, 9.17) is 9.84 Å². The maximum atomic E-state index is 11.3. The first-order valence-electron chi connectivity index (χ1n) is 7.01. The number of aliphatic carboxylic acids is 1. The quantitative estimate of drug-likeness (QED) is 0.276. The summed E-state index contributed by atoms with van der Waals surface area (Å²) >= 11 is 0. The first-order chi connectivity index (χ1) is 8.93. The Morgan fingerprint density at radius 2 is 1.74 bits per heavy atom. The van der Waals surface area contributed by atoms with Crippen molar-refractivity contribution in [3.8, 4) is 0 Å². The van der Waals surface area contributed by atoms with Crippen molar-refractivity contribution in [2.45, 2.75) is 51.2 Å². The van der Waals surface area contributed by atoms with E-state index in [9.17, 15) is 9.59 Å². The molecule has 0 amide bonds. The maximum Gasteiger partial charge on any atom is 0.333 e. The number of unbranched alkanes of at least 4 members (excludes halogenated alkanes) is 4. The summed E-state index contributed by atoms with van der Waals surface area (Å²) in [6.45, 7) is 1.82. The molecule has 0 rings (SSSR count). The summed E-state index contributed by atoms with van der Waals surface area (Å²) in [5, 5.41) is 8.48. The second-order valence-corrected chi connectivity index (χ2v) is 5.25. The molecule has 0 aromatic rings. The van der Waals surface area contributed by atoms with Crippen molar-refractivity contribution >= 4 is 27.6 Å². The van der Waals surface area contributed by atoms with Gasteiger partial charge in [-0.25, -0.2) is 9.59 Å². The van der Waals surface area contributed by atoms with E-state index in [0.717, 1.165) is 31.1 Å². The summed E-state index contributed by atoms with van der Waals surface area (Å²) < 4.78 is 4.98. The Bertz CT molecular complexity index is 314. The lowest BCUT2D eigenvalue weighted by atomic mass is 9.68. The van der Waals surface area contributed by atoms with Crippen LogP contribution in [-0.2, 0) is 14.3 Å². The average molecular weight is 266 g/mol. The van der Waals surface area contributed by atoms with Crippen LogP contribution in [0.4, 0.5) is 0 Å². The Kier molecular flexibility index (Phi) is 10.0. The Morgan fingerprint density at radius 1 is 1.16 bits per heavy atom. The van der Waals surface area contributed by atoms with Crippen LogP contribution < -0.4 is 0 Å². The first kappa shape index (κ1) is 17.8. The minimum Gasteiger partial charge on any atom is -0.478 e. The molecule has 0 aromatic carbocycles. The maximum absolute atomic E-state index is 11.3. The number of carboxylic acid groups (broad SMARTS) is 1. The summed E-state index contributed by atoms with van der Waals surface area (Å²) in [6, 6.07) is 0. The van der Waals surface area contributed by atoms with Crippen molar-refractivity contribution < 1.29 is 19.4 Å². The molecule has 106 valence electrons. The Morgan fingerprint density at radius 3 is 2.32 bits per heavy atom. The molecule has 0 aliphatic carbocycles. The number of ether oxygens (including phenoxy) is 1. The molecule has 0 spiro atoms. The molecule has 0 saturated carbocycles. The number of esters is 1. The minimum absolute atomic E-state index is 0.129. The molecular formula is C13H24B2O4. The van der Waals surface area contributed by atoms with Gasteiger partial charge in [0.1, 0.15) is 0 Å². The summed E-state index contributed by atoms with van der Waals surface area (Å²) in [5.74, 6) is -1.66. The highest BCUT2D eigenvalue weighted by atomic mass is 16.5. The monoisotopic (exact) mass is 266 g/mol. The van der Waals surface area contributed by atoms with E-state index < -0.39 is 11.9 Å². The van der Waals surface area contributed by atoms with Crippen LogP contribution in [0.3, 0.4) is 0 Å². The molecule has 1 N–H and O–H groups in total. The highest BCUT2D eigenvalue weighted by molar-refractivity contribution is 6.35. The van der Waals surface area contributed by atoms with Crippen LogP contribution in [0.1, 0.15) is 45.4 Å². The van der Waals surface area contributed by atoms with Crippen LogP contribution in [0.25, 0.3) is 0 Å². The molecule has 0 heterocycles. The van der Waals surface area contributed by atoms with Crippen LogP contribution in [-0.4, -0.2) is 39.3 Å². The van der Waals surface area contributed by atoms with Gasteiger partial charge in [0.2, 0.25) is 0 Å². The highest BCUT2D eigenvalue weighted by Crippen LogP contribution is 2.10. The van der Waals surface area contributed by atoms with Gasteiger partial charge in [0.05, 0.1) is 22.3 Å². The molecule has 4 nitrogen and oxygen atoms in total. The van der Waals surface area contributed by atoms with Gasteiger partial charge in [-0.2, -0.15) is 0 Å². The fourth-order valence-corrected chi connectivity index (χ4v) is 1.71. The van der Waals surface area contributed by atoms with E-state index in [1.165, 1.54) is 26.2 Å². The zero-order valence-electron chi connectivity index (χ0n) is 12.3. The number of hydrogen-bond acceptors (Lipinski definition) is 3. The standard InChI is InChI=1S/C13H24B2O4/c1-10(9-12(16)17)13(18)19-8-6-4-2-3-5-7-11(14)15/h9,11H,2-8,14-15H2,1H3,(H,16,17)/b10-9+. The van der Waals surface area contributed by atoms with Crippen LogP contribution in [0.2, 0.25) is 5.72 Å². The van der Waals surface area contributed by atoms with Crippen molar-refractivity contribution in [1.29, 1.82) is 0 Å². The Hall–Kier alpha value is -1.19. The Labute approximate surface area is 117 Å². The smallest absolute Gasteiger partial charge is 0.333 e. The molecule has 0 atom stereocenters. The molecule has 19 heavy (non-hydrogen) atoms. The van der Waals surface area contributed by atoms with Crippen molar-refractivity contribution in [1.82, 2.24) is 0 Å². The second kappa shape index (κ2) is 10.7. The van der Waals surface area contributed by atoms with Crippen molar-refractivity contribution in [2.24, 2.45) is 0 Å². The molecule has 0 aliphatic heterocycles. The summed E-state index contributed by atoms with van der Waals surface area (Å²) in [6.07, 6.45) is 7.68. The predicted octanol–water partition coefficient (Wildman–Crippen LogP) is 0.913. The lowest BCUT2D eigenvalue weighted by Crippen LogP contribution is -2.08. The fourth-order valence-electron chi connectivity index (χ4n) is 1.71. The molecular weight excluding hydrogens is 242 g/mol. The van der Waals surface area contributed by atoms with Gasteiger partial charge in [-0.3, -0.25) is 0 Å². The van der Waals surface area contributed by atoms with Crippen molar-refractivity contribution in [2.75, 3.05) is 6.61 Å². The van der Waals surface area contributed by atoms with Crippen LogP contribution in [0.5, 0.6) is 0 Å². The normalized spacial score (nSPS) is 11.6. The third kappa shape index (κ3) is 11.6. The summed E-state index contributed by atoms with van der Waals surface area (Å²) in [4.78, 5) is 21.7. The van der Waals surface area contributed by atoms with Crippen LogP contribution in [0, 0.1) is 0 Å². The number of hydrogen-bond donors (Lipinski definition) is 1. The van der Waals surface area contributed by atoms with E-state index >= 15 is 0 Å². The zero-order chi connectivity index (χ0) is 14.7. The molecule has 0 bridgehead atoms. The van der Waals surface area contributed by atoms with Gasteiger partial charge in [0.15, 0.2) is 0 Å². The average Bonchev–Trinajstić information content (AvgIpc) is 2.30. The van der Waals surface area contributed by atoms with Gasteiger partial charge >= 0.3 is 11.9 Å². The van der Waals surface area contributed by atoms with Crippen LogP contribution >= 0.6 is 0 Å². The van der Waals surface area contributed by atoms with Crippen molar-refractivity contribution in [3.05, 3.63) is 11.6 Å². The van der Waals surface area contributed by atoms with Gasteiger partial charge < -0.3 is 9.84 Å². The minimum atomic E-state index is -1.13. The van der Waals surface area contributed by atoms with Gasteiger partial charge in [-0.05, 0) is 13.3 Å². The molecule has 0 unspecified atom stereocenters. The van der Waals surface area contributed by atoms with Gasteiger partial charge in [0, 0.05) is 11.6 Å². The lowest BCUT2D eigenvalue weighted by molar-refractivity contribution is -0.140. The molecule has 0 fully saturated rings. The summed E-state index contributed by atoms with van der Waals surface area (Å²) in [7, 11) is 4.46. The van der Waals surface area contributed by atoms with E-state index in [0.29, 0.717) is 6.61 Å². The fraction of sp³-hybridized carbons (Fsp3) is 0.692. The van der Waals surface area contributed by atoms with Gasteiger partial charge in [-0.1, -0.05) is 37.8 Å². The zero-order valence-corrected chi connectivity index (χ0v) is 12.3. The molecule has 0 aromatic heterocycles. The summed E-state index contributed by atoms with van der Waals surface area (Å²) in [5.41, 5.74) is 0.898. The van der Waals surface area contributed by atoms with Gasteiger partial charge in [-0.15, -0.1) is 0 Å². The van der Waals surface area contributed by atoms with E-state index in [-0.39, 0.29) is 5.57 Å². The largest absolute Gasteiger partial charge is 0.478 e. The van der Waals surface area contributed by atoms with Crippen molar-refractivity contribution in [3.63, 3.8) is 0 Å². The molecule has 0 radical (unpaired) electrons. The number of carbonyl (C=O) groups is 2. The molecule has 0 aliphatic rings. The van der Waals surface area contributed by atoms with E-state index in [2.05, 4.69) is 15.7 Å². The third-order valence-electron chi connectivity index (χ3n) is 2.82. The van der Waals surface area contributed by atoms with Gasteiger partial charge in [0.25, 0.3) is 0 Å². The molecule has 6 heteroatoms. The SMILES string of the molecule is BC(B)CCCCCCCOC(=O)/C(C)=C/C(=O)O. The first-order valence-corrected chi connectivity index (χ1v) is 7.01. The van der Waals surface area contributed by atoms with Crippen LogP contribution in [0.15, 0.2) is 11.6 Å². The molecule has 0 saturated heterocycles. The number of carboxylic acids is 1. The highest BCUT2D eigenvalue weighted by Gasteiger charge is 2.06.